The van der Waals surface area contributed by atoms with E-state index in [1.165, 1.54) is 0 Å². The summed E-state index contributed by atoms with van der Waals surface area (Å²) < 4.78 is 5.44. The summed E-state index contributed by atoms with van der Waals surface area (Å²) in [6.07, 6.45) is 1.22. The predicted octanol–water partition coefficient (Wildman–Crippen LogP) is 6.15. The molecule has 5 rings (SSSR count). The standard InChI is InChI=1S/C30H32N4O3S/c1-30(2,3)37-29(36)33-25-9-7-21(28-5-4-14-38-28)16-22(25)17-27(35)23-15-20-6-8-24(18-26(20)32-19-23)34-12-10-31-11-13-34/h4-9,14-16,18-19,31H,10-13,17H2,1-3H3,(H,33,36). The van der Waals surface area contributed by atoms with Crippen molar-refractivity contribution in [3.8, 4) is 10.4 Å². The van der Waals surface area contributed by atoms with Gasteiger partial charge in [-0.1, -0.05) is 18.2 Å². The van der Waals surface area contributed by atoms with E-state index in [4.69, 9.17) is 4.74 Å². The lowest BCUT2D eigenvalue weighted by Crippen LogP contribution is -2.43. The van der Waals surface area contributed by atoms with Gasteiger partial charge >= 0.3 is 6.09 Å². The quantitative estimate of drug-likeness (QED) is 0.292. The number of anilines is 2. The Labute approximate surface area is 226 Å². The van der Waals surface area contributed by atoms with Crippen LogP contribution in [-0.2, 0) is 11.2 Å². The number of pyridine rings is 1. The lowest BCUT2D eigenvalue weighted by Gasteiger charge is -2.29. The van der Waals surface area contributed by atoms with Crippen molar-refractivity contribution in [1.82, 2.24) is 10.3 Å². The smallest absolute Gasteiger partial charge is 0.412 e. The van der Waals surface area contributed by atoms with Gasteiger partial charge in [0.1, 0.15) is 5.60 Å². The number of hydrogen-bond acceptors (Lipinski definition) is 7. The molecule has 8 heteroatoms. The highest BCUT2D eigenvalue weighted by Crippen LogP contribution is 2.30. The van der Waals surface area contributed by atoms with Crippen LogP contribution in [0.3, 0.4) is 0 Å². The van der Waals surface area contributed by atoms with Crippen LogP contribution >= 0.6 is 11.3 Å². The van der Waals surface area contributed by atoms with Gasteiger partial charge in [-0.2, -0.15) is 0 Å². The Morgan fingerprint density at radius 3 is 2.63 bits per heavy atom. The van der Waals surface area contributed by atoms with Crippen LogP contribution in [-0.4, -0.2) is 48.6 Å². The van der Waals surface area contributed by atoms with E-state index in [1.54, 1.807) is 17.5 Å². The molecule has 0 unspecified atom stereocenters. The molecular weight excluding hydrogens is 496 g/mol. The average molecular weight is 529 g/mol. The van der Waals surface area contributed by atoms with Crippen LogP contribution in [0.1, 0.15) is 36.7 Å². The number of fused-ring (bicyclic) bond motifs is 1. The van der Waals surface area contributed by atoms with E-state index in [1.807, 2.05) is 68.6 Å². The molecule has 0 saturated carbocycles. The zero-order valence-corrected chi connectivity index (χ0v) is 22.7. The fraction of sp³-hybridized carbons (Fsp3) is 0.300. The topological polar surface area (TPSA) is 83.6 Å². The molecule has 2 aromatic carbocycles. The van der Waals surface area contributed by atoms with Crippen molar-refractivity contribution < 1.29 is 14.3 Å². The monoisotopic (exact) mass is 528 g/mol. The minimum atomic E-state index is -0.626. The van der Waals surface area contributed by atoms with Crippen molar-refractivity contribution in [3.05, 3.63) is 77.3 Å². The molecule has 1 fully saturated rings. The summed E-state index contributed by atoms with van der Waals surface area (Å²) in [5.74, 6) is -0.0684. The molecular formula is C30H32N4O3S. The Kier molecular flexibility index (Phi) is 7.44. The van der Waals surface area contributed by atoms with Gasteiger partial charge in [0.25, 0.3) is 0 Å². The third-order valence-electron chi connectivity index (χ3n) is 6.37. The molecule has 1 aliphatic rings. The molecule has 2 N–H and O–H groups in total. The first-order chi connectivity index (χ1) is 18.2. The zero-order chi connectivity index (χ0) is 26.7. The first-order valence-electron chi connectivity index (χ1n) is 12.8. The number of amides is 1. The van der Waals surface area contributed by atoms with Gasteiger partial charge in [0.2, 0.25) is 0 Å². The summed E-state index contributed by atoms with van der Waals surface area (Å²) in [5, 5.41) is 9.14. The van der Waals surface area contributed by atoms with Crippen molar-refractivity contribution in [1.29, 1.82) is 0 Å². The van der Waals surface area contributed by atoms with Crippen LogP contribution in [0.5, 0.6) is 0 Å². The van der Waals surface area contributed by atoms with E-state index in [0.717, 1.165) is 58.8 Å². The number of Topliss-reactive ketones (excluding diaryl/α,β-unsaturated/α-hetero) is 1. The van der Waals surface area contributed by atoms with Gasteiger partial charge in [-0.15, -0.1) is 11.3 Å². The molecule has 7 nitrogen and oxygen atoms in total. The van der Waals surface area contributed by atoms with Gasteiger partial charge in [-0.3, -0.25) is 15.1 Å². The third-order valence-corrected chi connectivity index (χ3v) is 7.29. The van der Waals surface area contributed by atoms with E-state index >= 15 is 0 Å². The number of rotatable bonds is 6. The van der Waals surface area contributed by atoms with Crippen LogP contribution in [0.2, 0.25) is 0 Å². The summed E-state index contributed by atoms with van der Waals surface area (Å²) in [7, 11) is 0. The Hall–Kier alpha value is -3.75. The van der Waals surface area contributed by atoms with Crippen molar-refractivity contribution in [2.24, 2.45) is 0 Å². The molecule has 0 radical (unpaired) electrons. The maximum atomic E-state index is 13.4. The van der Waals surface area contributed by atoms with E-state index < -0.39 is 11.7 Å². The first-order valence-corrected chi connectivity index (χ1v) is 13.7. The molecule has 196 valence electrons. The minimum absolute atomic E-state index is 0.0684. The summed E-state index contributed by atoms with van der Waals surface area (Å²) >= 11 is 1.63. The van der Waals surface area contributed by atoms with Gasteiger partial charge in [-0.25, -0.2) is 4.79 Å². The number of carbonyl (C=O) groups excluding carboxylic acids is 2. The molecule has 2 aromatic heterocycles. The number of carbonyl (C=O) groups is 2. The Balaban J connectivity index is 1.40. The largest absolute Gasteiger partial charge is 0.444 e. The van der Waals surface area contributed by atoms with Gasteiger partial charge in [0.05, 0.1) is 5.52 Å². The highest BCUT2D eigenvalue weighted by atomic mass is 32.1. The van der Waals surface area contributed by atoms with E-state index in [0.29, 0.717) is 11.3 Å². The normalized spacial score (nSPS) is 13.9. The van der Waals surface area contributed by atoms with E-state index in [-0.39, 0.29) is 12.2 Å². The average Bonchev–Trinajstić information content (AvgIpc) is 3.43. The van der Waals surface area contributed by atoms with Crippen LogP contribution in [0.4, 0.5) is 16.2 Å². The van der Waals surface area contributed by atoms with E-state index in [9.17, 15) is 9.59 Å². The number of nitrogens with zero attached hydrogens (tertiary/aromatic N) is 2. The number of thiophene rings is 1. The fourth-order valence-corrected chi connectivity index (χ4v) is 5.25. The minimum Gasteiger partial charge on any atom is -0.444 e. The number of ether oxygens (including phenoxy) is 1. The summed E-state index contributed by atoms with van der Waals surface area (Å²) in [6.45, 7) is 9.32. The van der Waals surface area contributed by atoms with Crippen molar-refractivity contribution in [2.45, 2.75) is 32.8 Å². The molecule has 1 saturated heterocycles. The number of aromatic nitrogens is 1. The second-order valence-electron chi connectivity index (χ2n) is 10.4. The van der Waals surface area contributed by atoms with Crippen LogP contribution in [0.25, 0.3) is 21.3 Å². The van der Waals surface area contributed by atoms with Crippen molar-refractivity contribution in [3.63, 3.8) is 0 Å². The summed E-state index contributed by atoms with van der Waals surface area (Å²) in [6, 6.07) is 17.9. The van der Waals surface area contributed by atoms with Gasteiger partial charge in [0.15, 0.2) is 5.78 Å². The van der Waals surface area contributed by atoms with Crippen molar-refractivity contribution >= 4 is 45.5 Å². The van der Waals surface area contributed by atoms with Gasteiger partial charge in [0, 0.05) is 66.0 Å². The van der Waals surface area contributed by atoms with E-state index in [2.05, 4.69) is 32.7 Å². The zero-order valence-electron chi connectivity index (χ0n) is 21.9. The van der Waals surface area contributed by atoms with Gasteiger partial charge < -0.3 is 15.0 Å². The lowest BCUT2D eigenvalue weighted by molar-refractivity contribution is 0.0635. The number of ketones is 1. The molecule has 0 spiro atoms. The van der Waals surface area contributed by atoms with Crippen LogP contribution in [0, 0.1) is 0 Å². The molecule has 38 heavy (non-hydrogen) atoms. The predicted molar refractivity (Wildman–Crippen MR) is 154 cm³/mol. The maximum Gasteiger partial charge on any atom is 0.412 e. The second kappa shape index (κ2) is 10.9. The fourth-order valence-electron chi connectivity index (χ4n) is 4.53. The third kappa shape index (κ3) is 6.20. The Morgan fingerprint density at radius 2 is 1.89 bits per heavy atom. The van der Waals surface area contributed by atoms with Crippen LogP contribution < -0.4 is 15.5 Å². The summed E-state index contributed by atoms with van der Waals surface area (Å²) in [5.41, 5.74) is 4.20. The highest BCUT2D eigenvalue weighted by Gasteiger charge is 2.19. The van der Waals surface area contributed by atoms with Crippen LogP contribution in [0.15, 0.2) is 66.2 Å². The number of piperazine rings is 1. The SMILES string of the molecule is CC(C)(C)OC(=O)Nc1ccc(-c2cccs2)cc1CC(=O)c1cnc2cc(N3CCNCC3)ccc2c1. The lowest BCUT2D eigenvalue weighted by atomic mass is 9.99. The van der Waals surface area contributed by atoms with Crippen molar-refractivity contribution in [2.75, 3.05) is 36.4 Å². The molecule has 1 aliphatic heterocycles. The molecule has 1 amide bonds. The number of hydrogen-bond donors (Lipinski definition) is 2. The Morgan fingerprint density at radius 1 is 1.08 bits per heavy atom. The maximum absolute atomic E-state index is 13.4. The molecule has 0 aliphatic carbocycles. The first kappa shape index (κ1) is 25.9. The number of benzene rings is 2. The summed E-state index contributed by atoms with van der Waals surface area (Å²) in [4.78, 5) is 34.0. The highest BCUT2D eigenvalue weighted by molar-refractivity contribution is 7.13. The molecule has 3 heterocycles. The molecule has 4 aromatic rings. The molecule has 0 bridgehead atoms. The molecule has 0 atom stereocenters. The second-order valence-corrected chi connectivity index (χ2v) is 11.4. The Bertz CT molecular complexity index is 1450. The number of nitrogens with one attached hydrogen (secondary N) is 2. The van der Waals surface area contributed by atoms with Gasteiger partial charge in [-0.05, 0) is 73.7 Å².